The molecule has 9 heteroatoms. The average molecular weight is 373 g/mol. The van der Waals surface area contributed by atoms with E-state index in [0.29, 0.717) is 4.31 Å². The Morgan fingerprint density at radius 2 is 1.83 bits per heavy atom. The Labute approximate surface area is 141 Å². The lowest BCUT2D eigenvalue weighted by molar-refractivity contribution is 0.159. The Morgan fingerprint density at radius 3 is 2.50 bits per heavy atom. The number of nitrogens with zero attached hydrogens (tertiary/aromatic N) is 2. The summed E-state index contributed by atoms with van der Waals surface area (Å²) in [6.07, 6.45) is -1.65. The number of aliphatic hydroxyl groups excluding tert-OH is 1. The molecular weight excluding hydrogens is 362 g/mol. The molecule has 0 radical (unpaired) electrons. The molecule has 2 heterocycles. The van der Waals surface area contributed by atoms with Crippen molar-refractivity contribution in [1.29, 1.82) is 0 Å². The minimum atomic E-state index is -4.46. The van der Waals surface area contributed by atoms with Crippen LogP contribution in [0.1, 0.15) is 11.1 Å². The van der Waals surface area contributed by atoms with Gasteiger partial charge in [0.2, 0.25) is 0 Å². The van der Waals surface area contributed by atoms with Gasteiger partial charge in [-0.15, -0.1) is 0 Å². The molecule has 0 spiro atoms. The van der Waals surface area contributed by atoms with Crippen molar-refractivity contribution in [3.63, 3.8) is 0 Å². The van der Waals surface area contributed by atoms with Crippen molar-refractivity contribution in [2.24, 2.45) is 0 Å². The maximum atomic E-state index is 12.9. The number of aromatic nitrogens is 1. The number of benzene rings is 1. The molecule has 0 atom stereocenters. The van der Waals surface area contributed by atoms with Crippen LogP contribution in [-0.2, 0) is 10.0 Å². The van der Waals surface area contributed by atoms with Crippen molar-refractivity contribution in [2.75, 3.05) is 10.8 Å². The van der Waals surface area contributed by atoms with E-state index in [1.165, 1.54) is 36.5 Å². The first-order valence-electron chi connectivity index (χ1n) is 6.78. The number of aliphatic hydroxyl groups is 1. The SMILES string of the molecule is O=S1(=O)C(c2ccccc2Cl)=C(O)c2cccnc2N1CC(F)F. The second-order valence-electron chi connectivity index (χ2n) is 4.96. The summed E-state index contributed by atoms with van der Waals surface area (Å²) in [5.41, 5.74) is 0.0772. The van der Waals surface area contributed by atoms with Crippen molar-refractivity contribution in [3.05, 3.63) is 58.7 Å². The maximum Gasteiger partial charge on any atom is 0.270 e. The minimum absolute atomic E-state index is 0.0328. The van der Waals surface area contributed by atoms with E-state index in [4.69, 9.17) is 11.6 Å². The summed E-state index contributed by atoms with van der Waals surface area (Å²) in [4.78, 5) is 3.32. The lowest BCUT2D eigenvalue weighted by Gasteiger charge is -2.30. The molecule has 2 aromatic rings. The van der Waals surface area contributed by atoms with Crippen molar-refractivity contribution in [1.82, 2.24) is 4.98 Å². The van der Waals surface area contributed by atoms with Crippen LogP contribution < -0.4 is 4.31 Å². The van der Waals surface area contributed by atoms with Crippen LogP contribution in [-0.4, -0.2) is 31.5 Å². The van der Waals surface area contributed by atoms with E-state index in [-0.39, 0.29) is 22.0 Å². The molecule has 1 N–H and O–H groups in total. The van der Waals surface area contributed by atoms with Gasteiger partial charge in [0.15, 0.2) is 5.82 Å². The van der Waals surface area contributed by atoms with Crippen LogP contribution in [0.5, 0.6) is 0 Å². The van der Waals surface area contributed by atoms with Crippen LogP contribution in [0.4, 0.5) is 14.6 Å². The van der Waals surface area contributed by atoms with E-state index in [1.54, 1.807) is 6.07 Å². The predicted molar refractivity (Wildman–Crippen MR) is 87.4 cm³/mol. The number of rotatable bonds is 3. The summed E-state index contributed by atoms with van der Waals surface area (Å²) >= 11 is 6.04. The Morgan fingerprint density at radius 1 is 1.17 bits per heavy atom. The second-order valence-corrected chi connectivity index (χ2v) is 7.17. The third-order valence-electron chi connectivity index (χ3n) is 3.46. The Hall–Kier alpha value is -2.19. The van der Waals surface area contributed by atoms with Gasteiger partial charge in [-0.1, -0.05) is 29.8 Å². The number of alkyl halides is 2. The third kappa shape index (κ3) is 2.61. The average Bonchev–Trinajstić information content (AvgIpc) is 2.53. The van der Waals surface area contributed by atoms with E-state index < -0.39 is 33.7 Å². The highest BCUT2D eigenvalue weighted by atomic mass is 35.5. The summed E-state index contributed by atoms with van der Waals surface area (Å²) in [5, 5.41) is 10.6. The molecule has 1 aliphatic rings. The molecule has 0 saturated heterocycles. The van der Waals surface area contributed by atoms with Crippen LogP contribution in [0.2, 0.25) is 5.02 Å². The Balaban J connectivity index is 2.34. The van der Waals surface area contributed by atoms with E-state index in [2.05, 4.69) is 4.98 Å². The number of hydrogen-bond donors (Lipinski definition) is 1. The zero-order chi connectivity index (χ0) is 17.5. The quantitative estimate of drug-likeness (QED) is 0.894. The molecule has 1 aromatic carbocycles. The smallest absolute Gasteiger partial charge is 0.270 e. The minimum Gasteiger partial charge on any atom is -0.506 e. The topological polar surface area (TPSA) is 70.5 Å². The van der Waals surface area contributed by atoms with Gasteiger partial charge in [0, 0.05) is 16.8 Å². The zero-order valence-electron chi connectivity index (χ0n) is 12.0. The molecule has 126 valence electrons. The first-order chi connectivity index (χ1) is 11.3. The maximum absolute atomic E-state index is 12.9. The first kappa shape index (κ1) is 16.7. The number of sulfonamides is 1. The van der Waals surface area contributed by atoms with Crippen molar-refractivity contribution < 1.29 is 22.3 Å². The van der Waals surface area contributed by atoms with Crippen LogP contribution in [0, 0.1) is 0 Å². The highest BCUT2D eigenvalue weighted by Gasteiger charge is 2.40. The molecule has 1 aromatic heterocycles. The zero-order valence-corrected chi connectivity index (χ0v) is 13.6. The number of halogens is 3. The predicted octanol–water partition coefficient (Wildman–Crippen LogP) is 3.53. The largest absolute Gasteiger partial charge is 0.506 e. The van der Waals surface area contributed by atoms with Gasteiger partial charge in [-0.2, -0.15) is 0 Å². The van der Waals surface area contributed by atoms with Crippen LogP contribution in [0.3, 0.4) is 0 Å². The normalized spacial score (nSPS) is 16.4. The van der Waals surface area contributed by atoms with Crippen molar-refractivity contribution >= 4 is 38.1 Å². The summed E-state index contributed by atoms with van der Waals surface area (Å²) in [6.45, 7) is -1.08. The van der Waals surface area contributed by atoms with E-state index >= 15 is 0 Å². The van der Waals surface area contributed by atoms with Gasteiger partial charge in [0.25, 0.3) is 16.4 Å². The summed E-state index contributed by atoms with van der Waals surface area (Å²) in [7, 11) is -4.46. The standard InChI is InChI=1S/C15H11ClF2N2O3S/c16-11-6-2-1-4-9(11)14-13(21)10-5-3-7-19-15(10)20(8-12(17)18)24(14,22)23/h1-7,12,21H,8H2. The lowest BCUT2D eigenvalue weighted by atomic mass is 10.1. The molecule has 0 aliphatic carbocycles. The molecule has 24 heavy (non-hydrogen) atoms. The second kappa shape index (κ2) is 6.03. The van der Waals surface area contributed by atoms with E-state index in [9.17, 15) is 22.3 Å². The van der Waals surface area contributed by atoms with Gasteiger partial charge in [-0.05, 0) is 18.2 Å². The number of fused-ring (bicyclic) bond motifs is 1. The highest BCUT2D eigenvalue weighted by Crippen LogP contribution is 2.43. The van der Waals surface area contributed by atoms with Crippen LogP contribution >= 0.6 is 11.6 Å². The van der Waals surface area contributed by atoms with Crippen molar-refractivity contribution in [2.45, 2.75) is 6.43 Å². The van der Waals surface area contributed by atoms with Gasteiger partial charge in [-0.3, -0.25) is 0 Å². The molecule has 0 fully saturated rings. The molecule has 3 rings (SSSR count). The molecule has 0 unspecified atom stereocenters. The first-order valence-corrected chi connectivity index (χ1v) is 8.60. The fourth-order valence-corrected chi connectivity index (χ4v) is 4.47. The molecule has 0 amide bonds. The summed E-state index contributed by atoms with van der Waals surface area (Å²) < 4.78 is 52.0. The van der Waals surface area contributed by atoms with Gasteiger partial charge in [0.1, 0.15) is 10.7 Å². The monoisotopic (exact) mass is 372 g/mol. The van der Waals surface area contributed by atoms with Crippen molar-refractivity contribution in [3.8, 4) is 0 Å². The van der Waals surface area contributed by atoms with E-state index in [1.807, 2.05) is 0 Å². The van der Waals surface area contributed by atoms with Gasteiger partial charge >= 0.3 is 0 Å². The highest BCUT2D eigenvalue weighted by molar-refractivity contribution is 8.02. The third-order valence-corrected chi connectivity index (χ3v) is 5.62. The Bertz CT molecular complexity index is 932. The molecular formula is C15H11ClF2N2O3S. The van der Waals surface area contributed by atoms with Gasteiger partial charge < -0.3 is 5.11 Å². The fourth-order valence-electron chi connectivity index (χ4n) is 2.47. The molecule has 0 bridgehead atoms. The van der Waals surface area contributed by atoms with E-state index in [0.717, 1.165) is 0 Å². The van der Waals surface area contributed by atoms with Crippen LogP contribution in [0.15, 0.2) is 42.6 Å². The molecule has 1 aliphatic heterocycles. The van der Waals surface area contributed by atoms with Gasteiger partial charge in [-0.25, -0.2) is 26.5 Å². The van der Waals surface area contributed by atoms with Crippen LogP contribution in [0.25, 0.3) is 10.7 Å². The summed E-state index contributed by atoms with van der Waals surface area (Å²) in [5.74, 6) is -0.817. The number of hydrogen-bond acceptors (Lipinski definition) is 4. The number of pyridine rings is 1. The lowest BCUT2D eigenvalue weighted by Crippen LogP contribution is -2.39. The van der Waals surface area contributed by atoms with Gasteiger partial charge in [0.05, 0.1) is 12.1 Å². The number of anilines is 1. The molecule has 0 saturated carbocycles. The fraction of sp³-hybridized carbons (Fsp3) is 0.133. The summed E-state index contributed by atoms with van der Waals surface area (Å²) in [6, 6.07) is 8.84. The Kier molecular flexibility index (Phi) is 4.18. The molecule has 5 nitrogen and oxygen atoms in total.